The monoisotopic (exact) mass is 516 g/mol. The minimum absolute atomic E-state index is 0.0845. The van der Waals surface area contributed by atoms with E-state index in [1.165, 1.54) is 11.1 Å². The molecule has 2 aliphatic heterocycles. The third kappa shape index (κ3) is 4.12. The minimum atomic E-state index is -0.733. The first-order valence-electron chi connectivity index (χ1n) is 13.7. The minimum Gasteiger partial charge on any atom is -0.444 e. The number of benzene rings is 3. The van der Waals surface area contributed by atoms with Crippen LogP contribution in [0.5, 0.6) is 5.75 Å². The first-order valence-corrected chi connectivity index (χ1v) is 13.7. The Balaban J connectivity index is 1.17. The molecule has 0 saturated heterocycles. The second kappa shape index (κ2) is 9.47. The zero-order valence-electron chi connectivity index (χ0n) is 21.9. The Bertz CT molecular complexity index is 1630. The Morgan fingerprint density at radius 1 is 1.00 bits per heavy atom. The summed E-state index contributed by atoms with van der Waals surface area (Å²) < 4.78 is 6.32. The summed E-state index contributed by atoms with van der Waals surface area (Å²) in [5.41, 5.74) is 7.47. The smallest absolute Gasteiger partial charge is 0.246 e. The molecule has 194 valence electrons. The molecule has 2 N–H and O–H groups in total. The number of hydrogen-bond acceptors (Lipinski definition) is 5. The van der Waals surface area contributed by atoms with Crippen molar-refractivity contribution in [2.45, 2.75) is 26.3 Å². The van der Waals surface area contributed by atoms with Crippen LogP contribution in [0.2, 0.25) is 0 Å². The van der Waals surface area contributed by atoms with Gasteiger partial charge in [-0.2, -0.15) is 0 Å². The van der Waals surface area contributed by atoms with Gasteiger partial charge < -0.3 is 10.1 Å². The van der Waals surface area contributed by atoms with E-state index < -0.39 is 5.92 Å². The number of nitrogens with one attached hydrogen (secondary N) is 2. The van der Waals surface area contributed by atoms with E-state index in [9.17, 15) is 9.59 Å². The molecule has 0 bridgehead atoms. The van der Waals surface area contributed by atoms with Crippen LogP contribution in [0.4, 0.5) is 5.69 Å². The first-order chi connectivity index (χ1) is 19.1. The molecule has 4 aliphatic rings. The highest BCUT2D eigenvalue weighted by atomic mass is 16.5. The number of fused-ring (bicyclic) bond motifs is 6. The van der Waals surface area contributed by atoms with E-state index in [-0.39, 0.29) is 11.6 Å². The van der Waals surface area contributed by atoms with Gasteiger partial charge in [-0.05, 0) is 42.5 Å². The van der Waals surface area contributed by atoms with Crippen molar-refractivity contribution in [3.05, 3.63) is 118 Å². The average Bonchev–Trinajstić information content (AvgIpc) is 2.96. The van der Waals surface area contributed by atoms with Crippen LogP contribution in [0.15, 0.2) is 89.8 Å². The first kappa shape index (κ1) is 23.8. The van der Waals surface area contributed by atoms with Crippen molar-refractivity contribution in [2.24, 2.45) is 5.92 Å². The summed E-state index contributed by atoms with van der Waals surface area (Å²) in [5.74, 6) is 0.372. The SMILES string of the molecule is Cc1ccc2c(c1)OC1=CC(NCCCN3CCc4ccccc4C3)=C3C(=O)c4ccccc4C(=O)C3C1=[NH+]2. The number of nitrogens with zero attached hydrogens (tertiary/aromatic N) is 1. The number of Topliss-reactive ketones (excluding diaryl/α,β-unsaturated/α-hetero) is 2. The number of aryl methyl sites for hydroxylation is 1. The summed E-state index contributed by atoms with van der Waals surface area (Å²) in [6.45, 7) is 5.69. The molecule has 0 amide bonds. The summed E-state index contributed by atoms with van der Waals surface area (Å²) in [4.78, 5) is 33.5. The predicted octanol–water partition coefficient (Wildman–Crippen LogP) is 3.43. The molecule has 39 heavy (non-hydrogen) atoms. The van der Waals surface area contributed by atoms with Crippen molar-refractivity contribution in [1.82, 2.24) is 10.2 Å². The van der Waals surface area contributed by atoms with Gasteiger partial charge in [0.25, 0.3) is 0 Å². The van der Waals surface area contributed by atoms with Gasteiger partial charge >= 0.3 is 0 Å². The largest absolute Gasteiger partial charge is 0.444 e. The Hall–Kier alpha value is -4.29. The van der Waals surface area contributed by atoms with Gasteiger partial charge in [-0.1, -0.05) is 54.6 Å². The van der Waals surface area contributed by atoms with E-state index in [1.54, 1.807) is 12.1 Å². The fourth-order valence-electron chi connectivity index (χ4n) is 6.16. The summed E-state index contributed by atoms with van der Waals surface area (Å²) in [7, 11) is 0. The van der Waals surface area contributed by atoms with Crippen LogP contribution in [-0.2, 0) is 13.0 Å². The number of hydrogen-bond donors (Lipinski definition) is 2. The quantitative estimate of drug-likeness (QED) is 0.509. The number of carbonyl (C=O) groups excluding carboxylic acids is 2. The van der Waals surface area contributed by atoms with Crippen LogP contribution in [0.25, 0.3) is 0 Å². The molecular formula is C33H30N3O3+. The normalized spacial score (nSPS) is 19.6. The van der Waals surface area contributed by atoms with Gasteiger partial charge in [-0.15, -0.1) is 0 Å². The number of rotatable bonds is 5. The lowest BCUT2D eigenvalue weighted by Gasteiger charge is -2.31. The van der Waals surface area contributed by atoms with Gasteiger partial charge in [0.2, 0.25) is 11.4 Å². The maximum absolute atomic E-state index is 13.8. The van der Waals surface area contributed by atoms with E-state index in [0.29, 0.717) is 46.2 Å². The van der Waals surface area contributed by atoms with Crippen molar-refractivity contribution in [2.75, 3.05) is 19.6 Å². The number of ketones is 2. The van der Waals surface area contributed by atoms with Crippen molar-refractivity contribution < 1.29 is 19.3 Å². The molecule has 0 saturated carbocycles. The van der Waals surface area contributed by atoms with Crippen LogP contribution in [-0.4, -0.2) is 41.8 Å². The molecule has 1 unspecified atom stereocenters. The zero-order valence-corrected chi connectivity index (χ0v) is 21.9. The maximum atomic E-state index is 13.8. The molecule has 2 heterocycles. The third-order valence-electron chi connectivity index (χ3n) is 8.16. The fraction of sp³-hybridized carbons (Fsp3) is 0.242. The van der Waals surface area contributed by atoms with Crippen molar-refractivity contribution in [1.29, 1.82) is 0 Å². The number of allylic oxidation sites excluding steroid dienone is 3. The van der Waals surface area contributed by atoms with Crippen LogP contribution < -0.4 is 15.0 Å². The van der Waals surface area contributed by atoms with Crippen molar-refractivity contribution in [3.8, 4) is 5.75 Å². The Morgan fingerprint density at radius 3 is 2.67 bits per heavy atom. The molecule has 0 spiro atoms. The molecule has 2 aliphatic carbocycles. The van der Waals surface area contributed by atoms with Gasteiger partial charge in [0.1, 0.15) is 5.92 Å². The standard InChI is InChI=1S/C33H29N3O3/c1-20-11-12-25-27(17-20)39-28-18-26(34-14-6-15-36-16-13-21-7-2-3-8-22(21)19-36)29-30(31(28)35-25)33(38)24-10-5-4-9-23(24)32(29)37/h2-5,7-12,17-18,30,34H,6,13-16,19H2,1H3/p+1. The van der Waals surface area contributed by atoms with E-state index >= 15 is 0 Å². The zero-order chi connectivity index (χ0) is 26.5. The highest BCUT2D eigenvalue weighted by Crippen LogP contribution is 2.38. The Morgan fingerprint density at radius 2 is 1.79 bits per heavy atom. The molecule has 0 radical (unpaired) electrons. The maximum Gasteiger partial charge on any atom is 0.246 e. The molecule has 0 aromatic heterocycles. The fourth-order valence-corrected chi connectivity index (χ4v) is 6.16. The van der Waals surface area contributed by atoms with Crippen LogP contribution in [0, 0.1) is 12.8 Å². The molecule has 6 heteroatoms. The highest BCUT2D eigenvalue weighted by molar-refractivity contribution is 6.32. The van der Waals surface area contributed by atoms with Gasteiger partial charge in [-0.3, -0.25) is 14.5 Å². The Labute approximate surface area is 227 Å². The predicted molar refractivity (Wildman–Crippen MR) is 149 cm³/mol. The molecule has 0 fully saturated rings. The average molecular weight is 517 g/mol. The molecule has 6 nitrogen and oxygen atoms in total. The summed E-state index contributed by atoms with van der Waals surface area (Å²) in [6.07, 6.45) is 3.88. The lowest BCUT2D eigenvalue weighted by atomic mass is 9.72. The van der Waals surface area contributed by atoms with Gasteiger partial charge in [0.05, 0.1) is 0 Å². The second-order valence-corrected chi connectivity index (χ2v) is 10.7. The summed E-state index contributed by atoms with van der Waals surface area (Å²) in [6, 6.07) is 21.7. The van der Waals surface area contributed by atoms with Gasteiger partial charge in [0, 0.05) is 60.7 Å². The molecule has 1 atom stereocenters. The summed E-state index contributed by atoms with van der Waals surface area (Å²) in [5, 5.41) is 3.51. The van der Waals surface area contributed by atoms with Crippen molar-refractivity contribution >= 4 is 23.0 Å². The number of carbonyl (C=O) groups is 2. The van der Waals surface area contributed by atoms with E-state index in [4.69, 9.17) is 4.74 Å². The molecule has 3 aromatic carbocycles. The molecular weight excluding hydrogens is 486 g/mol. The van der Waals surface area contributed by atoms with Crippen LogP contribution in [0.1, 0.15) is 43.8 Å². The topological polar surface area (TPSA) is 72.6 Å². The molecule has 7 rings (SSSR count). The van der Waals surface area contributed by atoms with Crippen molar-refractivity contribution in [3.63, 3.8) is 0 Å². The van der Waals surface area contributed by atoms with Gasteiger partial charge in [-0.25, -0.2) is 4.99 Å². The number of ether oxygens (including phenoxy) is 1. The van der Waals surface area contributed by atoms with Crippen LogP contribution >= 0.6 is 0 Å². The lowest BCUT2D eigenvalue weighted by Crippen LogP contribution is -2.72. The molecule has 3 aromatic rings. The second-order valence-electron chi connectivity index (χ2n) is 10.7. The summed E-state index contributed by atoms with van der Waals surface area (Å²) >= 11 is 0. The Kier molecular flexibility index (Phi) is 5.78. The van der Waals surface area contributed by atoms with E-state index in [0.717, 1.165) is 43.7 Å². The highest BCUT2D eigenvalue weighted by Gasteiger charge is 2.49. The van der Waals surface area contributed by atoms with E-state index in [2.05, 4.69) is 39.5 Å². The van der Waals surface area contributed by atoms with E-state index in [1.807, 2.05) is 43.3 Å². The lowest BCUT2D eigenvalue weighted by molar-refractivity contribution is -0.361. The van der Waals surface area contributed by atoms with Gasteiger partial charge in [0.15, 0.2) is 23.1 Å². The third-order valence-corrected chi connectivity index (χ3v) is 8.16. The van der Waals surface area contributed by atoms with Crippen LogP contribution in [0.3, 0.4) is 0 Å².